The minimum Gasteiger partial charge on any atom is -0.485 e. The fourth-order valence-electron chi connectivity index (χ4n) is 4.47. The first-order valence-electron chi connectivity index (χ1n) is 10.2. The number of amides is 1. The molecule has 2 heterocycles. The summed E-state index contributed by atoms with van der Waals surface area (Å²) in [5.41, 5.74) is 1.48. The molecule has 1 saturated carbocycles. The van der Waals surface area contributed by atoms with Crippen LogP contribution in [0.25, 0.3) is 0 Å². The number of unbranched alkanes of at least 4 members (excludes halogenated alkanes) is 1. The smallest absolute Gasteiger partial charge is 0.269 e. The van der Waals surface area contributed by atoms with Crippen molar-refractivity contribution in [2.24, 2.45) is 0 Å². The van der Waals surface area contributed by atoms with Crippen molar-refractivity contribution in [3.63, 3.8) is 0 Å². The Kier molecular flexibility index (Phi) is 4.40. The fraction of sp³-hybridized carbons (Fsp3) is 0.409. The minimum atomic E-state index is -3.69. The maximum Gasteiger partial charge on any atom is 0.269 e. The molecule has 0 bridgehead atoms. The van der Waals surface area contributed by atoms with Gasteiger partial charge in [-0.25, -0.2) is 12.7 Å². The molecule has 1 N–H and O–H groups in total. The molecule has 152 valence electrons. The predicted molar refractivity (Wildman–Crippen MR) is 108 cm³/mol. The van der Waals surface area contributed by atoms with Crippen LogP contribution in [0.1, 0.15) is 41.6 Å². The first kappa shape index (κ1) is 18.6. The summed E-state index contributed by atoms with van der Waals surface area (Å²) in [4.78, 5) is 12.5. The molecule has 5 rings (SSSR count). The Morgan fingerprint density at radius 2 is 1.90 bits per heavy atom. The van der Waals surface area contributed by atoms with E-state index in [-0.39, 0.29) is 22.6 Å². The van der Waals surface area contributed by atoms with Gasteiger partial charge < -0.3 is 10.1 Å². The molecule has 29 heavy (non-hydrogen) atoms. The Morgan fingerprint density at radius 3 is 2.76 bits per heavy atom. The number of aryl methyl sites for hydroxylation is 1. The standard InChI is InChI=1S/C22H24N2O4S/c25-21-17-8-2-4-10-19(17)29(26,27)24(21)14-6-5-13-23-20-15-22(20)12-11-16-7-1-3-9-18(16)28-22/h1-4,7-10,20,23H,5-6,11-15H2/t20?,22-/m0/s1. The number of rotatable bonds is 6. The maximum atomic E-state index is 12.6. The van der Waals surface area contributed by atoms with Gasteiger partial charge in [-0.15, -0.1) is 0 Å². The topological polar surface area (TPSA) is 75.7 Å². The Balaban J connectivity index is 1.10. The monoisotopic (exact) mass is 412 g/mol. The lowest BCUT2D eigenvalue weighted by molar-refractivity contribution is 0.0869. The molecule has 1 fully saturated rings. The number of nitrogens with one attached hydrogen (secondary N) is 1. The number of benzene rings is 2. The van der Waals surface area contributed by atoms with Crippen molar-refractivity contribution >= 4 is 15.9 Å². The molecule has 1 aliphatic carbocycles. The van der Waals surface area contributed by atoms with Crippen LogP contribution in [0.5, 0.6) is 5.75 Å². The number of fused-ring (bicyclic) bond motifs is 2. The number of hydrogen-bond acceptors (Lipinski definition) is 5. The van der Waals surface area contributed by atoms with Gasteiger partial charge in [0.25, 0.3) is 15.9 Å². The summed E-state index contributed by atoms with van der Waals surface area (Å²) in [7, 11) is -3.69. The van der Waals surface area contributed by atoms with Gasteiger partial charge >= 0.3 is 0 Å². The van der Waals surface area contributed by atoms with Gasteiger partial charge in [0, 0.05) is 13.0 Å². The van der Waals surface area contributed by atoms with Crippen molar-refractivity contribution in [1.29, 1.82) is 0 Å². The highest BCUT2D eigenvalue weighted by molar-refractivity contribution is 7.90. The summed E-state index contributed by atoms with van der Waals surface area (Å²) >= 11 is 0. The van der Waals surface area contributed by atoms with Gasteiger partial charge in [0.15, 0.2) is 0 Å². The molecule has 2 aromatic rings. The lowest BCUT2D eigenvalue weighted by Crippen LogP contribution is -2.35. The van der Waals surface area contributed by atoms with Crippen LogP contribution in [0.3, 0.4) is 0 Å². The SMILES string of the molecule is O=C1c2ccccc2S(=O)(=O)N1CCCCNC1C[C@@]12CCc1ccccc1O2. The molecule has 1 unspecified atom stereocenters. The molecule has 6 nitrogen and oxygen atoms in total. The van der Waals surface area contributed by atoms with E-state index in [0.29, 0.717) is 12.5 Å². The number of sulfonamides is 1. The van der Waals surface area contributed by atoms with Crippen molar-refractivity contribution in [2.75, 3.05) is 13.1 Å². The zero-order valence-electron chi connectivity index (χ0n) is 16.1. The second kappa shape index (κ2) is 6.85. The van der Waals surface area contributed by atoms with Crippen LogP contribution in [0.2, 0.25) is 0 Å². The number of nitrogens with zero attached hydrogens (tertiary/aromatic N) is 1. The molecule has 2 aromatic carbocycles. The van der Waals surface area contributed by atoms with Gasteiger partial charge in [0.05, 0.1) is 11.6 Å². The first-order chi connectivity index (χ1) is 14.0. The maximum absolute atomic E-state index is 12.6. The van der Waals surface area contributed by atoms with E-state index in [1.807, 2.05) is 18.2 Å². The molecule has 3 aliphatic rings. The molecular formula is C22H24N2O4S. The molecular weight excluding hydrogens is 388 g/mol. The van der Waals surface area contributed by atoms with Crippen molar-refractivity contribution in [3.05, 3.63) is 59.7 Å². The highest BCUT2D eigenvalue weighted by Crippen LogP contribution is 2.48. The van der Waals surface area contributed by atoms with Crippen molar-refractivity contribution < 1.29 is 17.9 Å². The highest BCUT2D eigenvalue weighted by Gasteiger charge is 2.57. The third-order valence-electron chi connectivity index (χ3n) is 6.22. The van der Waals surface area contributed by atoms with Crippen LogP contribution in [0.4, 0.5) is 0 Å². The van der Waals surface area contributed by atoms with Crippen LogP contribution < -0.4 is 10.1 Å². The molecule has 1 amide bonds. The van der Waals surface area contributed by atoms with Gasteiger partial charge in [-0.05, 0) is 56.0 Å². The van der Waals surface area contributed by atoms with Crippen molar-refractivity contribution in [1.82, 2.24) is 9.62 Å². The largest absolute Gasteiger partial charge is 0.485 e. The van der Waals surface area contributed by atoms with Crippen LogP contribution in [0, 0.1) is 0 Å². The summed E-state index contributed by atoms with van der Waals surface area (Å²) < 4.78 is 32.4. The number of carbonyl (C=O) groups is 1. The van der Waals surface area contributed by atoms with Gasteiger partial charge in [0.1, 0.15) is 16.2 Å². The van der Waals surface area contributed by atoms with E-state index in [2.05, 4.69) is 11.4 Å². The molecule has 0 aromatic heterocycles. The van der Waals surface area contributed by atoms with Gasteiger partial charge in [-0.3, -0.25) is 4.79 Å². The van der Waals surface area contributed by atoms with E-state index in [4.69, 9.17) is 4.74 Å². The predicted octanol–water partition coefficient (Wildman–Crippen LogP) is 2.74. The third-order valence-corrected chi connectivity index (χ3v) is 8.06. The third kappa shape index (κ3) is 3.13. The Bertz CT molecular complexity index is 1070. The number of ether oxygens (including phenoxy) is 1. The lowest BCUT2D eigenvalue weighted by atomic mass is 10.0. The quantitative estimate of drug-likeness (QED) is 0.739. The molecule has 7 heteroatoms. The molecule has 0 saturated heterocycles. The molecule has 2 atom stereocenters. The average Bonchev–Trinajstić information content (AvgIpc) is 3.35. The second-order valence-electron chi connectivity index (χ2n) is 8.07. The van der Waals surface area contributed by atoms with E-state index in [1.165, 1.54) is 11.6 Å². The summed E-state index contributed by atoms with van der Waals surface area (Å²) in [5.74, 6) is 0.587. The number of hydrogen-bond donors (Lipinski definition) is 1. The van der Waals surface area contributed by atoms with E-state index in [0.717, 1.165) is 42.3 Å². The van der Waals surface area contributed by atoms with E-state index in [1.54, 1.807) is 18.2 Å². The summed E-state index contributed by atoms with van der Waals surface area (Å²) in [6.45, 7) is 1.00. The van der Waals surface area contributed by atoms with E-state index < -0.39 is 15.9 Å². The Hall–Kier alpha value is -2.38. The van der Waals surface area contributed by atoms with E-state index in [9.17, 15) is 13.2 Å². The van der Waals surface area contributed by atoms with Crippen LogP contribution in [-0.4, -0.2) is 43.4 Å². The van der Waals surface area contributed by atoms with Crippen LogP contribution in [0.15, 0.2) is 53.4 Å². The lowest BCUT2D eigenvalue weighted by Gasteiger charge is -2.27. The normalized spacial score (nSPS) is 26.1. The second-order valence-corrected chi connectivity index (χ2v) is 9.90. The summed E-state index contributed by atoms with van der Waals surface area (Å²) in [6.07, 6.45) is 4.52. The fourth-order valence-corrected chi connectivity index (χ4v) is 6.08. The molecule has 0 radical (unpaired) electrons. The van der Waals surface area contributed by atoms with Gasteiger partial charge in [-0.2, -0.15) is 0 Å². The Labute approximate surface area is 170 Å². The Morgan fingerprint density at radius 1 is 1.10 bits per heavy atom. The number of carbonyl (C=O) groups excluding carboxylic acids is 1. The summed E-state index contributed by atoms with van der Waals surface area (Å²) in [5, 5.41) is 3.54. The zero-order chi connectivity index (χ0) is 20.1. The van der Waals surface area contributed by atoms with Crippen LogP contribution in [-0.2, 0) is 16.4 Å². The van der Waals surface area contributed by atoms with Crippen molar-refractivity contribution in [2.45, 2.75) is 48.6 Å². The molecule has 1 spiro atoms. The van der Waals surface area contributed by atoms with Gasteiger partial charge in [0.2, 0.25) is 0 Å². The van der Waals surface area contributed by atoms with Crippen molar-refractivity contribution in [3.8, 4) is 5.75 Å². The highest BCUT2D eigenvalue weighted by atomic mass is 32.2. The molecule has 2 aliphatic heterocycles. The van der Waals surface area contributed by atoms with Gasteiger partial charge in [-0.1, -0.05) is 30.3 Å². The minimum absolute atomic E-state index is 0.0791. The zero-order valence-corrected chi connectivity index (χ0v) is 17.0. The first-order valence-corrected chi connectivity index (χ1v) is 11.6. The van der Waals surface area contributed by atoms with Crippen LogP contribution >= 0.6 is 0 Å². The number of para-hydroxylation sites is 1. The average molecular weight is 413 g/mol. The van der Waals surface area contributed by atoms with E-state index >= 15 is 0 Å². The summed E-state index contributed by atoms with van der Waals surface area (Å²) in [6, 6.07) is 15.0.